The number of hydrogen-bond donors (Lipinski definition) is 1. The molecule has 3 nitrogen and oxygen atoms in total. The Balaban J connectivity index is 3.31. The van der Waals surface area contributed by atoms with E-state index in [-0.39, 0.29) is 12.2 Å². The highest BCUT2D eigenvalue weighted by atomic mass is 127. The molecule has 0 atom stereocenters. The van der Waals surface area contributed by atoms with Crippen LogP contribution in [0.3, 0.4) is 0 Å². The van der Waals surface area contributed by atoms with E-state index in [1.54, 1.807) is 0 Å². The summed E-state index contributed by atoms with van der Waals surface area (Å²) in [7, 11) is 0. The normalized spacial score (nSPS) is 10.6. The van der Waals surface area contributed by atoms with Crippen LogP contribution in [0.4, 0.5) is 8.78 Å². The van der Waals surface area contributed by atoms with E-state index in [9.17, 15) is 13.6 Å². The second kappa shape index (κ2) is 4.74. The summed E-state index contributed by atoms with van der Waals surface area (Å²) in [5.41, 5.74) is 5.47. The van der Waals surface area contributed by atoms with Crippen molar-refractivity contribution in [3.63, 3.8) is 0 Å². The molecule has 1 rings (SSSR count). The van der Waals surface area contributed by atoms with Crippen molar-refractivity contribution in [2.24, 2.45) is 5.73 Å². The standard InChI is InChI=1S/C8H7F2IN2O/c9-8(10)5-1-4(2-12)7(11)6(3-14)13-5/h1,3,8H,2,12H2. The summed E-state index contributed by atoms with van der Waals surface area (Å²) in [5.74, 6) is 0. The topological polar surface area (TPSA) is 56.0 Å². The van der Waals surface area contributed by atoms with Crippen LogP contribution in [0.5, 0.6) is 0 Å². The van der Waals surface area contributed by atoms with Crippen molar-refractivity contribution in [1.29, 1.82) is 0 Å². The van der Waals surface area contributed by atoms with E-state index in [1.165, 1.54) is 6.07 Å². The van der Waals surface area contributed by atoms with Crippen LogP contribution in [0.15, 0.2) is 6.07 Å². The number of aromatic nitrogens is 1. The fraction of sp³-hybridized carbons (Fsp3) is 0.250. The van der Waals surface area contributed by atoms with E-state index in [0.29, 0.717) is 15.4 Å². The SMILES string of the molecule is NCc1cc(C(F)F)nc(C=O)c1I. The number of halogens is 3. The van der Waals surface area contributed by atoms with Crippen LogP contribution >= 0.6 is 22.6 Å². The minimum absolute atomic E-state index is 0.0175. The Morgan fingerprint density at radius 3 is 2.71 bits per heavy atom. The highest BCUT2D eigenvalue weighted by Crippen LogP contribution is 2.22. The van der Waals surface area contributed by atoms with Gasteiger partial charge in [0.1, 0.15) is 11.4 Å². The quantitative estimate of drug-likeness (QED) is 0.685. The molecule has 0 aromatic carbocycles. The Morgan fingerprint density at radius 2 is 2.29 bits per heavy atom. The summed E-state index contributed by atoms with van der Waals surface area (Å²) < 4.78 is 25.2. The molecule has 0 spiro atoms. The van der Waals surface area contributed by atoms with Gasteiger partial charge < -0.3 is 5.73 Å². The first-order chi connectivity index (χ1) is 6.60. The minimum atomic E-state index is -2.68. The molecule has 0 aliphatic carbocycles. The minimum Gasteiger partial charge on any atom is -0.326 e. The molecule has 1 aromatic heterocycles. The summed E-state index contributed by atoms with van der Waals surface area (Å²) in [6.07, 6.45) is -2.23. The number of nitrogens with two attached hydrogens (primary N) is 1. The van der Waals surface area contributed by atoms with E-state index < -0.39 is 12.1 Å². The van der Waals surface area contributed by atoms with Gasteiger partial charge in [0, 0.05) is 10.1 Å². The fourth-order valence-corrected chi connectivity index (χ4v) is 1.59. The van der Waals surface area contributed by atoms with Gasteiger partial charge in [-0.3, -0.25) is 4.79 Å². The molecule has 0 radical (unpaired) electrons. The van der Waals surface area contributed by atoms with Crippen molar-refractivity contribution in [2.45, 2.75) is 13.0 Å². The predicted molar refractivity (Wildman–Crippen MR) is 55.2 cm³/mol. The molecule has 0 saturated carbocycles. The molecule has 76 valence electrons. The van der Waals surface area contributed by atoms with Crippen molar-refractivity contribution in [2.75, 3.05) is 0 Å². The van der Waals surface area contributed by atoms with Crippen molar-refractivity contribution < 1.29 is 13.6 Å². The van der Waals surface area contributed by atoms with Crippen molar-refractivity contribution in [1.82, 2.24) is 4.98 Å². The van der Waals surface area contributed by atoms with Crippen LogP contribution in [0, 0.1) is 3.57 Å². The molecule has 0 aliphatic rings. The molecule has 1 heterocycles. The van der Waals surface area contributed by atoms with Crippen LogP contribution in [-0.4, -0.2) is 11.3 Å². The molecular formula is C8H7F2IN2O. The van der Waals surface area contributed by atoms with Crippen LogP contribution in [-0.2, 0) is 6.54 Å². The zero-order chi connectivity index (χ0) is 10.7. The monoisotopic (exact) mass is 312 g/mol. The number of rotatable bonds is 3. The molecular weight excluding hydrogens is 305 g/mol. The first kappa shape index (κ1) is 11.4. The first-order valence-electron chi connectivity index (χ1n) is 3.72. The fourth-order valence-electron chi connectivity index (χ4n) is 0.965. The highest BCUT2D eigenvalue weighted by molar-refractivity contribution is 14.1. The maximum Gasteiger partial charge on any atom is 0.280 e. The van der Waals surface area contributed by atoms with Gasteiger partial charge in [0.05, 0.1) is 0 Å². The van der Waals surface area contributed by atoms with Gasteiger partial charge in [-0.25, -0.2) is 13.8 Å². The molecule has 0 unspecified atom stereocenters. The molecule has 2 N–H and O–H groups in total. The summed E-state index contributed by atoms with van der Waals surface area (Å²) in [6, 6.07) is 1.22. The largest absolute Gasteiger partial charge is 0.326 e. The van der Waals surface area contributed by atoms with E-state index in [4.69, 9.17) is 5.73 Å². The van der Waals surface area contributed by atoms with Gasteiger partial charge >= 0.3 is 0 Å². The van der Waals surface area contributed by atoms with E-state index >= 15 is 0 Å². The number of nitrogens with zero attached hydrogens (tertiary/aromatic N) is 1. The van der Waals surface area contributed by atoms with Gasteiger partial charge in [-0.05, 0) is 34.2 Å². The molecule has 0 saturated heterocycles. The lowest BCUT2D eigenvalue weighted by atomic mass is 10.2. The lowest BCUT2D eigenvalue weighted by molar-refractivity contribution is 0.111. The molecule has 14 heavy (non-hydrogen) atoms. The Labute approximate surface area is 92.8 Å². The van der Waals surface area contributed by atoms with E-state index in [1.807, 2.05) is 22.6 Å². The first-order valence-corrected chi connectivity index (χ1v) is 4.80. The third-order valence-electron chi connectivity index (χ3n) is 1.63. The number of carbonyl (C=O) groups is 1. The predicted octanol–water partition coefficient (Wildman–Crippen LogP) is 1.90. The van der Waals surface area contributed by atoms with Gasteiger partial charge in [-0.1, -0.05) is 0 Å². The van der Waals surface area contributed by atoms with Gasteiger partial charge in [-0.15, -0.1) is 0 Å². The lowest BCUT2D eigenvalue weighted by Crippen LogP contribution is -2.07. The molecule has 0 bridgehead atoms. The number of carbonyl (C=O) groups excluding carboxylic acids is 1. The number of aldehydes is 1. The molecule has 6 heteroatoms. The van der Waals surface area contributed by atoms with Crippen molar-refractivity contribution in [3.05, 3.63) is 26.6 Å². The van der Waals surface area contributed by atoms with Crippen molar-refractivity contribution >= 4 is 28.9 Å². The third-order valence-corrected chi connectivity index (χ3v) is 2.88. The van der Waals surface area contributed by atoms with Crippen LogP contribution in [0.1, 0.15) is 28.2 Å². The second-order valence-corrected chi connectivity index (χ2v) is 3.61. The van der Waals surface area contributed by atoms with Gasteiger partial charge in [-0.2, -0.15) is 0 Å². The second-order valence-electron chi connectivity index (χ2n) is 2.53. The van der Waals surface area contributed by atoms with Crippen LogP contribution < -0.4 is 5.73 Å². The van der Waals surface area contributed by atoms with E-state index in [0.717, 1.165) is 0 Å². The average molecular weight is 312 g/mol. The van der Waals surface area contributed by atoms with Crippen molar-refractivity contribution in [3.8, 4) is 0 Å². The van der Waals surface area contributed by atoms with Crippen LogP contribution in [0.25, 0.3) is 0 Å². The molecule has 0 fully saturated rings. The zero-order valence-corrected chi connectivity index (χ0v) is 9.16. The smallest absolute Gasteiger partial charge is 0.280 e. The molecule has 0 amide bonds. The summed E-state index contributed by atoms with van der Waals surface area (Å²) >= 11 is 1.86. The number of alkyl halides is 2. The third kappa shape index (κ3) is 2.24. The molecule has 0 aliphatic heterocycles. The summed E-state index contributed by atoms with van der Waals surface area (Å²) in [6.45, 7) is 0.112. The number of hydrogen-bond acceptors (Lipinski definition) is 3. The Hall–Kier alpha value is -0.630. The maximum absolute atomic E-state index is 12.3. The maximum atomic E-state index is 12.3. The van der Waals surface area contributed by atoms with E-state index in [2.05, 4.69) is 4.98 Å². The summed E-state index contributed by atoms with van der Waals surface area (Å²) in [5, 5.41) is 0. The summed E-state index contributed by atoms with van der Waals surface area (Å²) in [4.78, 5) is 14.0. The van der Waals surface area contributed by atoms with Crippen LogP contribution in [0.2, 0.25) is 0 Å². The lowest BCUT2D eigenvalue weighted by Gasteiger charge is -2.06. The Bertz CT molecular complexity index is 357. The average Bonchev–Trinajstić information content (AvgIpc) is 2.17. The van der Waals surface area contributed by atoms with Gasteiger partial charge in [0.15, 0.2) is 6.29 Å². The molecule has 1 aromatic rings. The Morgan fingerprint density at radius 1 is 1.64 bits per heavy atom. The Kier molecular flexibility index (Phi) is 3.87. The van der Waals surface area contributed by atoms with Gasteiger partial charge in [0.25, 0.3) is 6.43 Å². The zero-order valence-electron chi connectivity index (χ0n) is 7.01. The highest BCUT2D eigenvalue weighted by Gasteiger charge is 2.14. The van der Waals surface area contributed by atoms with Gasteiger partial charge in [0.2, 0.25) is 0 Å². The number of pyridine rings is 1.